The summed E-state index contributed by atoms with van der Waals surface area (Å²) in [4.78, 5) is 3.74. The molecule has 0 spiro atoms. The molecule has 5 heteroatoms. The molecule has 0 aliphatic rings. The monoisotopic (exact) mass is 281 g/mol. The molecule has 1 N–H and O–H groups in total. The molecular formula is C15H14F3NO. The van der Waals surface area contributed by atoms with E-state index in [1.54, 1.807) is 37.3 Å². The number of hydrogen-bond acceptors (Lipinski definition) is 2. The third-order valence-corrected chi connectivity index (χ3v) is 3.34. The van der Waals surface area contributed by atoms with Gasteiger partial charge in [0, 0.05) is 18.0 Å². The van der Waals surface area contributed by atoms with Crippen molar-refractivity contribution in [3.63, 3.8) is 0 Å². The van der Waals surface area contributed by atoms with Crippen molar-refractivity contribution in [3.05, 3.63) is 65.5 Å². The number of pyridine rings is 1. The van der Waals surface area contributed by atoms with Crippen LogP contribution in [0.1, 0.15) is 30.0 Å². The minimum absolute atomic E-state index is 0.117. The van der Waals surface area contributed by atoms with Gasteiger partial charge in [-0.05, 0) is 18.1 Å². The van der Waals surface area contributed by atoms with E-state index in [0.29, 0.717) is 5.56 Å². The second-order valence-electron chi connectivity index (χ2n) is 4.50. The Morgan fingerprint density at radius 3 is 2.25 bits per heavy atom. The van der Waals surface area contributed by atoms with Crippen LogP contribution >= 0.6 is 0 Å². The number of benzene rings is 1. The largest absolute Gasteiger partial charge is 0.416 e. The second-order valence-corrected chi connectivity index (χ2v) is 4.50. The third kappa shape index (κ3) is 2.54. The number of nitrogens with zero attached hydrogens (tertiary/aromatic N) is 1. The molecule has 0 radical (unpaired) electrons. The number of rotatable bonds is 3. The van der Waals surface area contributed by atoms with Crippen LogP contribution in [-0.2, 0) is 11.8 Å². The van der Waals surface area contributed by atoms with Crippen molar-refractivity contribution < 1.29 is 18.3 Å². The molecule has 106 valence electrons. The molecule has 1 aromatic carbocycles. The highest BCUT2D eigenvalue weighted by Gasteiger charge is 2.41. The van der Waals surface area contributed by atoms with E-state index < -0.39 is 17.3 Å². The van der Waals surface area contributed by atoms with Gasteiger partial charge in [-0.3, -0.25) is 4.98 Å². The normalized spacial score (nSPS) is 14.8. The first-order valence-corrected chi connectivity index (χ1v) is 6.19. The molecule has 2 nitrogen and oxygen atoms in total. The highest BCUT2D eigenvalue weighted by Crippen LogP contribution is 2.40. The second kappa shape index (κ2) is 5.25. The average molecular weight is 281 g/mol. The predicted octanol–water partition coefficient (Wildman–Crippen LogP) is 3.75. The molecule has 2 rings (SSSR count). The Hall–Kier alpha value is -1.88. The van der Waals surface area contributed by atoms with Crippen molar-refractivity contribution in [2.24, 2.45) is 0 Å². The van der Waals surface area contributed by atoms with Crippen LogP contribution in [0.2, 0.25) is 0 Å². The highest BCUT2D eigenvalue weighted by atomic mass is 19.4. The van der Waals surface area contributed by atoms with Crippen LogP contribution in [0.4, 0.5) is 13.2 Å². The van der Waals surface area contributed by atoms with Gasteiger partial charge in [-0.15, -0.1) is 0 Å². The SMILES string of the molecule is CCC(O)(c1ccccc1)c1cnccc1C(F)(F)F. The van der Waals surface area contributed by atoms with Crippen LogP contribution in [0.25, 0.3) is 0 Å². The van der Waals surface area contributed by atoms with Crippen LogP contribution in [0.5, 0.6) is 0 Å². The van der Waals surface area contributed by atoms with Crippen molar-refractivity contribution in [3.8, 4) is 0 Å². The summed E-state index contributed by atoms with van der Waals surface area (Å²) in [5.74, 6) is 0. The first-order valence-electron chi connectivity index (χ1n) is 6.19. The molecule has 0 amide bonds. The Balaban J connectivity index is 2.64. The van der Waals surface area contributed by atoms with Crippen LogP contribution in [0.3, 0.4) is 0 Å². The van der Waals surface area contributed by atoms with Gasteiger partial charge in [-0.2, -0.15) is 13.2 Å². The number of hydrogen-bond donors (Lipinski definition) is 1. The Kier molecular flexibility index (Phi) is 3.81. The van der Waals surface area contributed by atoms with Crippen molar-refractivity contribution in [2.75, 3.05) is 0 Å². The van der Waals surface area contributed by atoms with Crippen molar-refractivity contribution in [1.82, 2.24) is 4.98 Å². The Bertz CT molecular complexity index is 583. The van der Waals surface area contributed by atoms with Crippen LogP contribution in [0.15, 0.2) is 48.8 Å². The van der Waals surface area contributed by atoms with Crippen LogP contribution in [0, 0.1) is 0 Å². The zero-order valence-corrected chi connectivity index (χ0v) is 10.9. The maximum absolute atomic E-state index is 13.1. The average Bonchev–Trinajstić information content (AvgIpc) is 2.46. The van der Waals surface area contributed by atoms with Crippen molar-refractivity contribution in [1.29, 1.82) is 0 Å². The van der Waals surface area contributed by atoms with Gasteiger partial charge in [0.25, 0.3) is 0 Å². The molecule has 1 heterocycles. The van der Waals surface area contributed by atoms with E-state index in [1.807, 2.05) is 0 Å². The lowest BCUT2D eigenvalue weighted by Crippen LogP contribution is -2.30. The van der Waals surface area contributed by atoms with Gasteiger partial charge in [0.1, 0.15) is 5.60 Å². The zero-order chi connectivity index (χ0) is 14.8. The molecule has 0 saturated heterocycles. The minimum Gasteiger partial charge on any atom is -0.380 e. The van der Waals surface area contributed by atoms with E-state index in [0.717, 1.165) is 18.5 Å². The number of aliphatic hydroxyl groups is 1. The maximum Gasteiger partial charge on any atom is 0.416 e. The van der Waals surface area contributed by atoms with E-state index >= 15 is 0 Å². The summed E-state index contributed by atoms with van der Waals surface area (Å²) in [6.07, 6.45) is -2.26. The Morgan fingerprint density at radius 1 is 1.05 bits per heavy atom. The molecule has 0 bridgehead atoms. The van der Waals surface area contributed by atoms with Gasteiger partial charge >= 0.3 is 6.18 Å². The molecule has 0 saturated carbocycles. The van der Waals surface area contributed by atoms with Gasteiger partial charge in [0.2, 0.25) is 0 Å². The molecule has 2 aromatic rings. The summed E-state index contributed by atoms with van der Waals surface area (Å²) in [7, 11) is 0. The molecule has 1 unspecified atom stereocenters. The first kappa shape index (κ1) is 14.5. The topological polar surface area (TPSA) is 33.1 Å². The van der Waals surface area contributed by atoms with Gasteiger partial charge in [0.15, 0.2) is 0 Å². The van der Waals surface area contributed by atoms with Crippen LogP contribution in [-0.4, -0.2) is 10.1 Å². The maximum atomic E-state index is 13.1. The summed E-state index contributed by atoms with van der Waals surface area (Å²) in [5.41, 5.74) is -2.37. The summed E-state index contributed by atoms with van der Waals surface area (Å²) in [6.45, 7) is 1.64. The summed E-state index contributed by atoms with van der Waals surface area (Å²) < 4.78 is 39.3. The Labute approximate surface area is 114 Å². The summed E-state index contributed by atoms with van der Waals surface area (Å²) >= 11 is 0. The molecule has 0 fully saturated rings. The zero-order valence-electron chi connectivity index (χ0n) is 10.9. The fourth-order valence-electron chi connectivity index (χ4n) is 2.24. The molecular weight excluding hydrogens is 267 g/mol. The lowest BCUT2D eigenvalue weighted by Gasteiger charge is -2.30. The van der Waals surface area contributed by atoms with E-state index in [4.69, 9.17) is 0 Å². The summed E-state index contributed by atoms with van der Waals surface area (Å²) in [6, 6.07) is 9.21. The fourth-order valence-corrected chi connectivity index (χ4v) is 2.24. The van der Waals surface area contributed by atoms with Gasteiger partial charge in [0.05, 0.1) is 5.56 Å². The van der Waals surface area contributed by atoms with E-state index in [9.17, 15) is 18.3 Å². The van der Waals surface area contributed by atoms with E-state index in [1.165, 1.54) is 0 Å². The predicted molar refractivity (Wildman–Crippen MR) is 69.0 cm³/mol. The van der Waals surface area contributed by atoms with Gasteiger partial charge in [-0.25, -0.2) is 0 Å². The number of alkyl halides is 3. The minimum atomic E-state index is -4.53. The Morgan fingerprint density at radius 2 is 1.70 bits per heavy atom. The molecule has 0 aliphatic heterocycles. The quantitative estimate of drug-likeness (QED) is 0.929. The fraction of sp³-hybridized carbons (Fsp3) is 0.267. The van der Waals surface area contributed by atoms with Crippen molar-refractivity contribution in [2.45, 2.75) is 25.1 Å². The molecule has 1 atom stereocenters. The smallest absolute Gasteiger partial charge is 0.380 e. The third-order valence-electron chi connectivity index (χ3n) is 3.34. The van der Waals surface area contributed by atoms with Crippen molar-refractivity contribution >= 4 is 0 Å². The highest BCUT2D eigenvalue weighted by molar-refractivity contribution is 5.40. The molecule has 1 aromatic heterocycles. The van der Waals surface area contributed by atoms with E-state index in [-0.39, 0.29) is 12.0 Å². The summed E-state index contributed by atoms with van der Waals surface area (Å²) in [5, 5.41) is 10.8. The standard InChI is InChI=1S/C15H14F3NO/c1-2-14(20,11-6-4-3-5-7-11)13-10-19-9-8-12(13)15(16,17)18/h3-10,20H,2H2,1H3. The van der Waals surface area contributed by atoms with Gasteiger partial charge < -0.3 is 5.11 Å². The lowest BCUT2D eigenvalue weighted by molar-refractivity contribution is -0.140. The molecule has 20 heavy (non-hydrogen) atoms. The van der Waals surface area contributed by atoms with Gasteiger partial charge in [-0.1, -0.05) is 37.3 Å². The van der Waals surface area contributed by atoms with E-state index in [2.05, 4.69) is 4.98 Å². The lowest BCUT2D eigenvalue weighted by atomic mass is 9.82. The molecule has 0 aliphatic carbocycles. The first-order chi connectivity index (χ1) is 9.39. The number of aromatic nitrogens is 1. The van der Waals surface area contributed by atoms with Crippen LogP contribution < -0.4 is 0 Å². The number of halogens is 3.